The molecule has 1 heterocycles. The minimum absolute atomic E-state index is 0.0794. The summed E-state index contributed by atoms with van der Waals surface area (Å²) < 4.78 is 25.5. The predicted octanol–water partition coefficient (Wildman–Crippen LogP) is 4.25. The van der Waals surface area contributed by atoms with Crippen LogP contribution in [0.2, 0.25) is 0 Å². The molecule has 2 nitrogen and oxygen atoms in total. The Morgan fingerprint density at radius 2 is 1.70 bits per heavy atom. The van der Waals surface area contributed by atoms with Gasteiger partial charge in [-0.3, -0.25) is 0 Å². The molecule has 0 aromatic heterocycles. The molecule has 1 aliphatic carbocycles. The normalized spacial score (nSPS) is 28.4. The van der Waals surface area contributed by atoms with Crippen LogP contribution in [0, 0.1) is 11.2 Å². The maximum Gasteiger partial charge on any atom is 0.175 e. The van der Waals surface area contributed by atoms with Gasteiger partial charge in [-0.1, -0.05) is 32.4 Å². The lowest BCUT2D eigenvalue weighted by molar-refractivity contribution is -0.318. The van der Waals surface area contributed by atoms with Crippen LogP contribution in [-0.4, -0.2) is 19.0 Å². The third-order valence-electron chi connectivity index (χ3n) is 4.49. The Balaban J connectivity index is 1.86. The number of rotatable bonds is 1. The highest BCUT2D eigenvalue weighted by Gasteiger charge is 2.48. The van der Waals surface area contributed by atoms with Crippen molar-refractivity contribution in [1.29, 1.82) is 0 Å². The van der Waals surface area contributed by atoms with Crippen LogP contribution in [0.1, 0.15) is 51.0 Å². The summed E-state index contributed by atoms with van der Waals surface area (Å²) in [5.74, 6) is -0.468. The minimum atomic E-state index is -0.494. The van der Waals surface area contributed by atoms with Crippen LogP contribution in [0.4, 0.5) is 4.39 Å². The SMILES string of the molecule is CC1(C)COC2(CCCCC2c2ccc(F)cc2)OC1. The second kappa shape index (κ2) is 5.12. The third kappa shape index (κ3) is 2.61. The Kier molecular flexibility index (Phi) is 3.59. The van der Waals surface area contributed by atoms with Crippen LogP contribution in [0.15, 0.2) is 24.3 Å². The Labute approximate surface area is 120 Å². The summed E-state index contributed by atoms with van der Waals surface area (Å²) in [5, 5.41) is 0. The van der Waals surface area contributed by atoms with Crippen LogP contribution in [-0.2, 0) is 9.47 Å². The molecule has 2 fully saturated rings. The van der Waals surface area contributed by atoms with Crippen molar-refractivity contribution in [3.63, 3.8) is 0 Å². The summed E-state index contributed by atoms with van der Waals surface area (Å²) in [6, 6.07) is 6.81. The molecule has 1 unspecified atom stereocenters. The summed E-state index contributed by atoms with van der Waals surface area (Å²) >= 11 is 0. The fraction of sp³-hybridized carbons (Fsp3) is 0.647. The first-order chi connectivity index (χ1) is 9.51. The summed E-state index contributed by atoms with van der Waals surface area (Å²) in [4.78, 5) is 0. The molecule has 3 heteroatoms. The first-order valence-electron chi connectivity index (χ1n) is 7.54. The highest BCUT2D eigenvalue weighted by atomic mass is 19.1. The van der Waals surface area contributed by atoms with Gasteiger partial charge < -0.3 is 9.47 Å². The number of hydrogen-bond donors (Lipinski definition) is 0. The lowest BCUT2D eigenvalue weighted by atomic mass is 9.77. The summed E-state index contributed by atoms with van der Waals surface area (Å²) in [5.41, 5.74) is 1.21. The van der Waals surface area contributed by atoms with Crippen molar-refractivity contribution in [3.05, 3.63) is 35.6 Å². The van der Waals surface area contributed by atoms with Gasteiger partial charge in [0, 0.05) is 17.8 Å². The van der Waals surface area contributed by atoms with E-state index in [1.807, 2.05) is 12.1 Å². The van der Waals surface area contributed by atoms with Crippen molar-refractivity contribution in [3.8, 4) is 0 Å². The Bertz CT molecular complexity index is 456. The van der Waals surface area contributed by atoms with Gasteiger partial charge in [-0.25, -0.2) is 4.39 Å². The summed E-state index contributed by atoms with van der Waals surface area (Å²) in [7, 11) is 0. The van der Waals surface area contributed by atoms with Crippen LogP contribution >= 0.6 is 0 Å². The molecular formula is C17H23FO2. The predicted molar refractivity (Wildman–Crippen MR) is 76.0 cm³/mol. The summed E-state index contributed by atoms with van der Waals surface area (Å²) in [6.45, 7) is 5.78. The molecule has 0 bridgehead atoms. The molecule has 0 N–H and O–H groups in total. The van der Waals surface area contributed by atoms with Gasteiger partial charge in [0.1, 0.15) is 5.82 Å². The van der Waals surface area contributed by atoms with Crippen molar-refractivity contribution in [2.75, 3.05) is 13.2 Å². The highest BCUT2D eigenvalue weighted by Crippen LogP contribution is 2.47. The van der Waals surface area contributed by atoms with Gasteiger partial charge in [-0.2, -0.15) is 0 Å². The van der Waals surface area contributed by atoms with Gasteiger partial charge in [0.25, 0.3) is 0 Å². The van der Waals surface area contributed by atoms with Crippen molar-refractivity contribution >= 4 is 0 Å². The second-order valence-electron chi connectivity index (χ2n) is 6.90. The smallest absolute Gasteiger partial charge is 0.175 e. The Morgan fingerprint density at radius 3 is 2.35 bits per heavy atom. The average Bonchev–Trinajstić information content (AvgIpc) is 2.44. The maximum absolute atomic E-state index is 13.1. The van der Waals surface area contributed by atoms with E-state index in [-0.39, 0.29) is 17.2 Å². The quantitative estimate of drug-likeness (QED) is 0.764. The van der Waals surface area contributed by atoms with Gasteiger partial charge in [-0.05, 0) is 30.5 Å². The topological polar surface area (TPSA) is 18.5 Å². The van der Waals surface area contributed by atoms with E-state index < -0.39 is 5.79 Å². The molecule has 0 amide bonds. The fourth-order valence-corrected chi connectivity index (χ4v) is 3.29. The van der Waals surface area contributed by atoms with E-state index in [4.69, 9.17) is 9.47 Å². The van der Waals surface area contributed by atoms with Gasteiger partial charge in [0.05, 0.1) is 13.2 Å². The molecule has 20 heavy (non-hydrogen) atoms. The van der Waals surface area contributed by atoms with Crippen LogP contribution in [0.25, 0.3) is 0 Å². The van der Waals surface area contributed by atoms with Crippen molar-refractivity contribution in [2.24, 2.45) is 5.41 Å². The van der Waals surface area contributed by atoms with Gasteiger partial charge in [0.2, 0.25) is 0 Å². The zero-order valence-corrected chi connectivity index (χ0v) is 12.3. The number of halogens is 1. The van der Waals surface area contributed by atoms with Crippen LogP contribution < -0.4 is 0 Å². The maximum atomic E-state index is 13.1. The van der Waals surface area contributed by atoms with Crippen molar-refractivity contribution < 1.29 is 13.9 Å². The molecule has 1 atom stereocenters. The van der Waals surface area contributed by atoms with Gasteiger partial charge in [-0.15, -0.1) is 0 Å². The molecular weight excluding hydrogens is 255 g/mol. The molecule has 1 saturated heterocycles. The van der Waals surface area contributed by atoms with Crippen molar-refractivity contribution in [1.82, 2.24) is 0 Å². The Hall–Kier alpha value is -0.930. The molecule has 110 valence electrons. The molecule has 1 saturated carbocycles. The van der Waals surface area contributed by atoms with Crippen LogP contribution in [0.3, 0.4) is 0 Å². The van der Waals surface area contributed by atoms with Crippen molar-refractivity contribution in [2.45, 2.75) is 51.2 Å². The lowest BCUT2D eigenvalue weighted by Crippen LogP contribution is -2.52. The largest absolute Gasteiger partial charge is 0.349 e. The monoisotopic (exact) mass is 278 g/mol. The molecule has 1 spiro atoms. The van der Waals surface area contributed by atoms with E-state index in [2.05, 4.69) is 13.8 Å². The molecule has 1 aromatic rings. The van der Waals surface area contributed by atoms with Crippen LogP contribution in [0.5, 0.6) is 0 Å². The zero-order chi connectivity index (χ0) is 14.2. The third-order valence-corrected chi connectivity index (χ3v) is 4.49. The standard InChI is InChI=1S/C17H23FO2/c1-16(2)11-19-17(20-12-16)10-4-3-5-15(17)13-6-8-14(18)9-7-13/h6-9,15H,3-5,10-12H2,1-2H3. The fourth-order valence-electron chi connectivity index (χ4n) is 3.29. The van der Waals surface area contributed by atoms with E-state index >= 15 is 0 Å². The first-order valence-corrected chi connectivity index (χ1v) is 7.54. The number of ether oxygens (including phenoxy) is 2. The first kappa shape index (κ1) is 14.0. The number of benzene rings is 1. The van der Waals surface area contributed by atoms with E-state index in [1.165, 1.54) is 18.6 Å². The molecule has 2 aliphatic rings. The average molecular weight is 278 g/mol. The van der Waals surface area contributed by atoms with Gasteiger partial charge in [0.15, 0.2) is 5.79 Å². The molecule has 1 aromatic carbocycles. The molecule has 1 aliphatic heterocycles. The van der Waals surface area contributed by atoms with Gasteiger partial charge >= 0.3 is 0 Å². The minimum Gasteiger partial charge on any atom is -0.349 e. The summed E-state index contributed by atoms with van der Waals surface area (Å²) in [6.07, 6.45) is 4.30. The Morgan fingerprint density at radius 1 is 1.05 bits per heavy atom. The lowest BCUT2D eigenvalue weighted by Gasteiger charge is -2.49. The second-order valence-corrected chi connectivity index (χ2v) is 6.90. The van der Waals surface area contributed by atoms with E-state index in [9.17, 15) is 4.39 Å². The van der Waals surface area contributed by atoms with E-state index in [0.717, 1.165) is 38.0 Å². The molecule has 3 rings (SSSR count). The number of hydrogen-bond acceptors (Lipinski definition) is 2. The molecule has 0 radical (unpaired) electrons. The highest BCUT2D eigenvalue weighted by molar-refractivity contribution is 5.24. The van der Waals surface area contributed by atoms with E-state index in [0.29, 0.717) is 0 Å². The van der Waals surface area contributed by atoms with E-state index in [1.54, 1.807) is 0 Å². The zero-order valence-electron chi connectivity index (χ0n) is 12.3.